The van der Waals surface area contributed by atoms with Crippen LogP contribution in [0.15, 0.2) is 0 Å². The van der Waals surface area contributed by atoms with Gasteiger partial charge in [0.25, 0.3) is 0 Å². The van der Waals surface area contributed by atoms with Crippen LogP contribution in [0.2, 0.25) is 0 Å². The molecule has 1 N–H and O–H groups in total. The van der Waals surface area contributed by atoms with Gasteiger partial charge in [0, 0.05) is 25.8 Å². The van der Waals surface area contributed by atoms with Crippen molar-refractivity contribution in [2.75, 3.05) is 33.9 Å². The Morgan fingerprint density at radius 3 is 2.44 bits per heavy atom. The van der Waals surface area contributed by atoms with Gasteiger partial charge in [0.15, 0.2) is 0 Å². The van der Waals surface area contributed by atoms with Gasteiger partial charge >= 0.3 is 0 Å². The fourth-order valence-corrected chi connectivity index (χ4v) is 2.33. The molecular weight excluding hydrogens is 200 g/mol. The Kier molecular flexibility index (Phi) is 6.32. The smallest absolute Gasteiger partial charge is 0.0477 e. The second kappa shape index (κ2) is 7.25. The maximum Gasteiger partial charge on any atom is 0.0477 e. The van der Waals surface area contributed by atoms with Crippen LogP contribution in [0.3, 0.4) is 0 Å². The second-order valence-electron chi connectivity index (χ2n) is 5.38. The molecule has 0 amide bonds. The Morgan fingerprint density at radius 1 is 1.31 bits per heavy atom. The van der Waals surface area contributed by atoms with Crippen LogP contribution >= 0.6 is 0 Å². The third-order valence-corrected chi connectivity index (χ3v) is 3.61. The number of piperidine rings is 1. The van der Waals surface area contributed by atoms with Crippen molar-refractivity contribution in [3.8, 4) is 0 Å². The summed E-state index contributed by atoms with van der Waals surface area (Å²) >= 11 is 0. The number of nitrogens with one attached hydrogen (secondary N) is 1. The molecule has 1 fully saturated rings. The van der Waals surface area contributed by atoms with Crippen molar-refractivity contribution < 1.29 is 4.74 Å². The average Bonchev–Trinajstić information content (AvgIpc) is 2.26. The summed E-state index contributed by atoms with van der Waals surface area (Å²) in [6, 6.07) is 1.31. The highest BCUT2D eigenvalue weighted by Crippen LogP contribution is 2.13. The van der Waals surface area contributed by atoms with Crippen LogP contribution in [0.4, 0.5) is 0 Å². The molecule has 0 bridgehead atoms. The van der Waals surface area contributed by atoms with Crippen molar-refractivity contribution in [3.63, 3.8) is 0 Å². The number of rotatable bonds is 6. The van der Waals surface area contributed by atoms with Gasteiger partial charge in [0.1, 0.15) is 0 Å². The van der Waals surface area contributed by atoms with E-state index in [1.165, 1.54) is 25.9 Å². The minimum absolute atomic E-state index is 0.605. The first-order valence-electron chi connectivity index (χ1n) is 6.57. The van der Waals surface area contributed by atoms with Gasteiger partial charge < -0.3 is 15.0 Å². The van der Waals surface area contributed by atoms with Crippen LogP contribution in [0.25, 0.3) is 0 Å². The molecule has 0 aromatic heterocycles. The monoisotopic (exact) mass is 228 g/mol. The molecule has 1 saturated heterocycles. The normalized spacial score (nSPS) is 21.6. The number of hydrogen-bond acceptors (Lipinski definition) is 3. The molecule has 1 aliphatic rings. The number of nitrogens with zero attached hydrogens (tertiary/aromatic N) is 1. The van der Waals surface area contributed by atoms with Crippen LogP contribution in [0.1, 0.15) is 33.1 Å². The first kappa shape index (κ1) is 13.9. The van der Waals surface area contributed by atoms with Crippen LogP contribution in [-0.2, 0) is 4.74 Å². The van der Waals surface area contributed by atoms with E-state index < -0.39 is 0 Å². The van der Waals surface area contributed by atoms with Gasteiger partial charge in [-0.15, -0.1) is 0 Å². The molecule has 0 radical (unpaired) electrons. The van der Waals surface area contributed by atoms with Gasteiger partial charge in [-0.05, 0) is 45.3 Å². The maximum absolute atomic E-state index is 5.18. The van der Waals surface area contributed by atoms with E-state index in [1.807, 2.05) is 0 Å². The Morgan fingerprint density at radius 2 is 1.94 bits per heavy atom. The zero-order valence-electron chi connectivity index (χ0n) is 11.3. The minimum atomic E-state index is 0.605. The highest BCUT2D eigenvalue weighted by Gasteiger charge is 2.21. The lowest BCUT2D eigenvalue weighted by Gasteiger charge is -2.34. The first-order valence-corrected chi connectivity index (χ1v) is 6.57. The van der Waals surface area contributed by atoms with Gasteiger partial charge in [-0.25, -0.2) is 0 Å². The molecule has 0 spiro atoms. The van der Waals surface area contributed by atoms with Crippen molar-refractivity contribution in [1.29, 1.82) is 0 Å². The quantitative estimate of drug-likeness (QED) is 0.749. The topological polar surface area (TPSA) is 24.5 Å². The third-order valence-electron chi connectivity index (χ3n) is 3.61. The van der Waals surface area contributed by atoms with Crippen molar-refractivity contribution in [2.24, 2.45) is 5.92 Å². The summed E-state index contributed by atoms with van der Waals surface area (Å²) in [4.78, 5) is 2.41. The predicted molar refractivity (Wildman–Crippen MR) is 68.8 cm³/mol. The molecular formula is C13H28N2O. The molecule has 1 atom stereocenters. The fourth-order valence-electron chi connectivity index (χ4n) is 2.33. The van der Waals surface area contributed by atoms with E-state index in [4.69, 9.17) is 4.74 Å². The van der Waals surface area contributed by atoms with Gasteiger partial charge in [0.2, 0.25) is 0 Å². The Bertz CT molecular complexity index is 177. The summed E-state index contributed by atoms with van der Waals surface area (Å²) in [7, 11) is 3.99. The number of ether oxygens (including phenoxy) is 1. The third kappa shape index (κ3) is 4.81. The molecule has 0 aromatic carbocycles. The molecule has 3 nitrogen and oxygen atoms in total. The molecule has 96 valence electrons. The van der Waals surface area contributed by atoms with E-state index in [0.717, 1.165) is 13.0 Å². The Hall–Kier alpha value is -0.120. The summed E-state index contributed by atoms with van der Waals surface area (Å²) in [6.45, 7) is 7.91. The lowest BCUT2D eigenvalue weighted by molar-refractivity contribution is 0.159. The molecule has 0 saturated carbocycles. The second-order valence-corrected chi connectivity index (χ2v) is 5.38. The summed E-state index contributed by atoms with van der Waals surface area (Å²) in [5, 5.41) is 3.80. The molecule has 1 aliphatic heterocycles. The van der Waals surface area contributed by atoms with Crippen molar-refractivity contribution in [1.82, 2.24) is 10.2 Å². The van der Waals surface area contributed by atoms with Gasteiger partial charge in [-0.2, -0.15) is 0 Å². The van der Waals surface area contributed by atoms with E-state index in [2.05, 4.69) is 31.1 Å². The highest BCUT2D eigenvalue weighted by atomic mass is 16.5. The largest absolute Gasteiger partial charge is 0.385 e. The molecule has 0 aliphatic carbocycles. The molecule has 1 heterocycles. The summed E-state index contributed by atoms with van der Waals surface area (Å²) < 4.78 is 5.18. The Balaban J connectivity index is 2.30. The van der Waals surface area contributed by atoms with Gasteiger partial charge in [0.05, 0.1) is 0 Å². The summed E-state index contributed by atoms with van der Waals surface area (Å²) in [5.74, 6) is 0.690. The van der Waals surface area contributed by atoms with Crippen molar-refractivity contribution in [2.45, 2.75) is 45.2 Å². The van der Waals surface area contributed by atoms with Crippen LogP contribution in [0.5, 0.6) is 0 Å². The van der Waals surface area contributed by atoms with E-state index in [1.54, 1.807) is 7.11 Å². The number of hydrogen-bond donors (Lipinski definition) is 1. The number of methoxy groups -OCH3 is 1. The van der Waals surface area contributed by atoms with E-state index >= 15 is 0 Å². The van der Waals surface area contributed by atoms with E-state index in [9.17, 15) is 0 Å². The van der Waals surface area contributed by atoms with Crippen LogP contribution in [0, 0.1) is 5.92 Å². The standard InChI is InChI=1S/C13H28N2O/c1-11(2)13(7-10-16-4)14-12-5-8-15(3)9-6-12/h11-14H,5-10H2,1-4H3. The lowest BCUT2D eigenvalue weighted by Crippen LogP contribution is -2.47. The predicted octanol–water partition coefficient (Wildman–Crippen LogP) is 1.73. The zero-order valence-corrected chi connectivity index (χ0v) is 11.3. The van der Waals surface area contributed by atoms with Crippen molar-refractivity contribution >= 4 is 0 Å². The van der Waals surface area contributed by atoms with Crippen molar-refractivity contribution in [3.05, 3.63) is 0 Å². The van der Waals surface area contributed by atoms with Crippen LogP contribution in [-0.4, -0.2) is 50.8 Å². The molecule has 3 heteroatoms. The average molecular weight is 228 g/mol. The Labute approximate surface area is 101 Å². The lowest BCUT2D eigenvalue weighted by atomic mass is 9.97. The maximum atomic E-state index is 5.18. The molecule has 16 heavy (non-hydrogen) atoms. The van der Waals surface area contributed by atoms with Gasteiger partial charge in [-0.1, -0.05) is 13.8 Å². The molecule has 1 rings (SSSR count). The highest BCUT2D eigenvalue weighted by molar-refractivity contribution is 4.81. The summed E-state index contributed by atoms with van der Waals surface area (Å²) in [6.07, 6.45) is 3.69. The SMILES string of the molecule is COCCC(NC1CCN(C)CC1)C(C)C. The molecule has 1 unspecified atom stereocenters. The zero-order chi connectivity index (χ0) is 12.0. The molecule has 0 aromatic rings. The fraction of sp³-hybridized carbons (Fsp3) is 1.00. The van der Waals surface area contributed by atoms with E-state index in [0.29, 0.717) is 18.0 Å². The number of likely N-dealkylation sites (tertiary alicyclic amines) is 1. The van der Waals surface area contributed by atoms with Gasteiger partial charge in [-0.3, -0.25) is 0 Å². The minimum Gasteiger partial charge on any atom is -0.385 e. The van der Waals surface area contributed by atoms with Crippen LogP contribution < -0.4 is 5.32 Å². The summed E-state index contributed by atoms with van der Waals surface area (Å²) in [5.41, 5.74) is 0. The van der Waals surface area contributed by atoms with E-state index in [-0.39, 0.29) is 0 Å². The first-order chi connectivity index (χ1) is 7.63.